The SMILES string of the molecule is [B]OC(=O)CCCC1CC(C)C1CC(=O)O[B]. The summed E-state index contributed by atoms with van der Waals surface area (Å²) in [7, 11) is 9.57. The average molecular weight is 234 g/mol. The Bertz CT molecular complexity index is 283. The van der Waals surface area contributed by atoms with Crippen LogP contribution in [0, 0.1) is 17.8 Å². The Hall–Kier alpha value is -0.930. The van der Waals surface area contributed by atoms with Crippen molar-refractivity contribution in [3.63, 3.8) is 0 Å². The Morgan fingerprint density at radius 1 is 1.24 bits per heavy atom. The Morgan fingerprint density at radius 3 is 2.41 bits per heavy atom. The Morgan fingerprint density at radius 2 is 1.88 bits per heavy atom. The molecule has 0 N–H and O–H groups in total. The number of carbonyl (C=O) groups is 2. The van der Waals surface area contributed by atoms with Gasteiger partial charge in [-0.15, -0.1) is 0 Å². The fraction of sp³-hybridized carbons (Fsp3) is 0.818. The van der Waals surface area contributed by atoms with Gasteiger partial charge in [0.2, 0.25) is 0 Å². The number of rotatable bonds is 6. The van der Waals surface area contributed by atoms with Gasteiger partial charge in [0.05, 0.1) is 0 Å². The first-order valence-corrected chi connectivity index (χ1v) is 5.87. The first-order chi connectivity index (χ1) is 8.08. The van der Waals surface area contributed by atoms with Gasteiger partial charge >= 0.3 is 16.1 Å². The van der Waals surface area contributed by atoms with Crippen molar-refractivity contribution in [2.75, 3.05) is 0 Å². The van der Waals surface area contributed by atoms with Crippen LogP contribution >= 0.6 is 0 Å². The van der Waals surface area contributed by atoms with Crippen LogP contribution in [0.5, 0.6) is 0 Å². The summed E-state index contributed by atoms with van der Waals surface area (Å²) in [6.45, 7) is 2.11. The Labute approximate surface area is 104 Å². The van der Waals surface area contributed by atoms with Gasteiger partial charge in [-0.05, 0) is 37.0 Å². The van der Waals surface area contributed by atoms with Crippen LogP contribution in [0.3, 0.4) is 0 Å². The summed E-state index contributed by atoms with van der Waals surface area (Å²) in [4.78, 5) is 21.9. The van der Waals surface area contributed by atoms with Crippen molar-refractivity contribution in [1.29, 1.82) is 0 Å². The van der Waals surface area contributed by atoms with Gasteiger partial charge in [-0.2, -0.15) is 0 Å². The van der Waals surface area contributed by atoms with Crippen molar-refractivity contribution in [1.82, 2.24) is 0 Å². The Balaban J connectivity index is 2.25. The van der Waals surface area contributed by atoms with Crippen LogP contribution in [0.15, 0.2) is 0 Å². The minimum absolute atomic E-state index is 0.319. The molecule has 3 unspecified atom stereocenters. The topological polar surface area (TPSA) is 52.6 Å². The minimum atomic E-state index is -0.393. The summed E-state index contributed by atoms with van der Waals surface area (Å²) in [6, 6.07) is 0. The molecule has 0 aliphatic heterocycles. The lowest BCUT2D eigenvalue weighted by Crippen LogP contribution is -2.36. The van der Waals surface area contributed by atoms with Crippen molar-refractivity contribution in [2.24, 2.45) is 17.8 Å². The van der Waals surface area contributed by atoms with E-state index in [1.807, 2.05) is 0 Å². The number of hydrogen-bond acceptors (Lipinski definition) is 4. The molecule has 0 saturated heterocycles. The maximum absolute atomic E-state index is 11.1. The third kappa shape index (κ3) is 4.10. The minimum Gasteiger partial charge on any atom is -0.543 e. The van der Waals surface area contributed by atoms with Gasteiger partial charge in [-0.25, -0.2) is 0 Å². The lowest BCUT2D eigenvalue weighted by Gasteiger charge is -2.43. The maximum atomic E-state index is 11.1. The van der Waals surface area contributed by atoms with E-state index in [-0.39, 0.29) is 5.97 Å². The predicted octanol–water partition coefficient (Wildman–Crippen LogP) is 1.07. The molecule has 90 valence electrons. The van der Waals surface area contributed by atoms with Gasteiger partial charge in [0.25, 0.3) is 11.9 Å². The summed E-state index contributed by atoms with van der Waals surface area (Å²) in [5.41, 5.74) is 0. The summed E-state index contributed by atoms with van der Waals surface area (Å²) in [6.07, 6.45) is 3.42. The smallest absolute Gasteiger partial charge is 0.378 e. The van der Waals surface area contributed by atoms with Crippen molar-refractivity contribution >= 4 is 28.0 Å². The molecule has 0 aromatic heterocycles. The molecular formula is C11H16B2O4. The van der Waals surface area contributed by atoms with Gasteiger partial charge in [0, 0.05) is 12.8 Å². The molecule has 0 heterocycles. The van der Waals surface area contributed by atoms with Crippen LogP contribution in [-0.4, -0.2) is 28.0 Å². The average Bonchev–Trinajstić information content (AvgIpc) is 2.34. The molecule has 17 heavy (non-hydrogen) atoms. The fourth-order valence-electron chi connectivity index (χ4n) is 2.60. The monoisotopic (exact) mass is 234 g/mol. The fourth-order valence-corrected chi connectivity index (χ4v) is 2.60. The first-order valence-electron chi connectivity index (χ1n) is 5.87. The molecule has 0 aromatic rings. The molecule has 1 aliphatic rings. The van der Waals surface area contributed by atoms with E-state index in [1.54, 1.807) is 0 Å². The zero-order chi connectivity index (χ0) is 12.8. The molecule has 0 amide bonds. The third-order valence-electron chi connectivity index (χ3n) is 3.63. The van der Waals surface area contributed by atoms with Crippen molar-refractivity contribution < 1.29 is 18.9 Å². The van der Waals surface area contributed by atoms with E-state index in [2.05, 4.69) is 16.2 Å². The van der Waals surface area contributed by atoms with Gasteiger partial charge in [0.1, 0.15) is 0 Å². The predicted molar refractivity (Wildman–Crippen MR) is 62.9 cm³/mol. The summed E-state index contributed by atoms with van der Waals surface area (Å²) in [5, 5.41) is 0. The van der Waals surface area contributed by atoms with E-state index < -0.39 is 5.97 Å². The van der Waals surface area contributed by atoms with Crippen molar-refractivity contribution in [3.8, 4) is 0 Å². The zero-order valence-corrected chi connectivity index (χ0v) is 10.1. The molecule has 6 heteroatoms. The van der Waals surface area contributed by atoms with Gasteiger partial charge in [-0.1, -0.05) is 6.92 Å². The molecular weight excluding hydrogens is 218 g/mol. The van der Waals surface area contributed by atoms with Gasteiger partial charge in [0.15, 0.2) is 0 Å². The van der Waals surface area contributed by atoms with E-state index in [0.29, 0.717) is 30.6 Å². The zero-order valence-electron chi connectivity index (χ0n) is 10.1. The molecule has 4 nitrogen and oxygen atoms in total. The molecule has 1 rings (SSSR count). The molecule has 3 atom stereocenters. The second-order valence-electron chi connectivity index (χ2n) is 4.71. The second-order valence-corrected chi connectivity index (χ2v) is 4.71. The van der Waals surface area contributed by atoms with Crippen LogP contribution in [0.2, 0.25) is 0 Å². The van der Waals surface area contributed by atoms with E-state index in [0.717, 1.165) is 19.3 Å². The molecule has 1 fully saturated rings. The van der Waals surface area contributed by atoms with Gasteiger partial charge < -0.3 is 9.31 Å². The quantitative estimate of drug-likeness (QED) is 0.645. The maximum Gasteiger partial charge on any atom is 0.378 e. The molecule has 4 radical (unpaired) electrons. The molecule has 0 bridgehead atoms. The van der Waals surface area contributed by atoms with Crippen LogP contribution in [-0.2, 0) is 18.9 Å². The van der Waals surface area contributed by atoms with E-state index in [9.17, 15) is 9.59 Å². The van der Waals surface area contributed by atoms with E-state index >= 15 is 0 Å². The number of hydrogen-bond donors (Lipinski definition) is 0. The van der Waals surface area contributed by atoms with Crippen molar-refractivity contribution in [2.45, 2.75) is 39.0 Å². The Kier molecular flexibility index (Phi) is 5.59. The van der Waals surface area contributed by atoms with E-state index in [1.165, 1.54) is 0 Å². The highest BCUT2D eigenvalue weighted by Gasteiger charge is 2.38. The van der Waals surface area contributed by atoms with E-state index in [4.69, 9.17) is 16.1 Å². The third-order valence-corrected chi connectivity index (χ3v) is 3.63. The number of carbonyl (C=O) groups excluding carboxylic acids is 2. The highest BCUT2D eigenvalue weighted by atomic mass is 16.5. The molecule has 1 saturated carbocycles. The normalized spacial score (nSPS) is 27.0. The van der Waals surface area contributed by atoms with Gasteiger partial charge in [-0.3, -0.25) is 9.59 Å². The summed E-state index contributed by atoms with van der Waals surface area (Å²) >= 11 is 0. The largest absolute Gasteiger partial charge is 0.543 e. The lowest BCUT2D eigenvalue weighted by atomic mass is 9.62. The summed E-state index contributed by atoms with van der Waals surface area (Å²) < 4.78 is 8.27. The highest BCUT2D eigenvalue weighted by Crippen LogP contribution is 2.45. The highest BCUT2D eigenvalue weighted by molar-refractivity contribution is 6.05. The van der Waals surface area contributed by atoms with Crippen LogP contribution in [0.1, 0.15) is 39.0 Å². The lowest BCUT2D eigenvalue weighted by molar-refractivity contribution is -0.138. The first kappa shape index (κ1) is 14.1. The van der Waals surface area contributed by atoms with Crippen LogP contribution < -0.4 is 0 Å². The molecule has 0 aromatic carbocycles. The van der Waals surface area contributed by atoms with Crippen LogP contribution in [0.25, 0.3) is 0 Å². The summed E-state index contributed by atoms with van der Waals surface area (Å²) in [5.74, 6) is 0.540. The van der Waals surface area contributed by atoms with Crippen molar-refractivity contribution in [3.05, 3.63) is 0 Å². The molecule has 1 aliphatic carbocycles. The standard InChI is InChI=1S/C11H16B2O4/c1-7-5-8(3-2-4-10(14)16-12)9(7)6-11(15)17-13/h7-9H,2-6H2,1H3. The molecule has 0 spiro atoms. The second kappa shape index (κ2) is 6.72. The van der Waals surface area contributed by atoms with Crippen LogP contribution in [0.4, 0.5) is 0 Å².